The Bertz CT molecular complexity index is 256. The zero-order chi connectivity index (χ0) is 13.4. The smallest absolute Gasteiger partial charge is 0.120 e. The van der Waals surface area contributed by atoms with E-state index in [2.05, 4.69) is 55.8 Å². The lowest BCUT2D eigenvalue weighted by Crippen LogP contribution is -2.43. The van der Waals surface area contributed by atoms with Crippen molar-refractivity contribution in [1.29, 1.82) is 0 Å². The second kappa shape index (κ2) is 5.75. The summed E-state index contributed by atoms with van der Waals surface area (Å²) in [6.45, 7) is 9.48. The van der Waals surface area contributed by atoms with Crippen LogP contribution in [-0.4, -0.2) is 52.3 Å². The zero-order valence-corrected chi connectivity index (χ0v) is 13.8. The first-order valence-corrected chi connectivity index (χ1v) is 8.69. The van der Waals surface area contributed by atoms with E-state index < -0.39 is 0 Å². The minimum Gasteiger partial charge on any atom is -0.263 e. The van der Waals surface area contributed by atoms with E-state index in [0.29, 0.717) is 12.1 Å². The molecule has 0 N–H and O–H groups in total. The first-order chi connectivity index (χ1) is 8.45. The molecule has 1 saturated heterocycles. The molecule has 0 bridgehead atoms. The summed E-state index contributed by atoms with van der Waals surface area (Å²) in [5, 5.41) is 0. The maximum atomic E-state index is 2.82. The summed E-state index contributed by atoms with van der Waals surface area (Å²) in [7, 11) is 4.26. The van der Waals surface area contributed by atoms with Crippen molar-refractivity contribution >= 4 is 8.37 Å². The van der Waals surface area contributed by atoms with E-state index >= 15 is 0 Å². The Morgan fingerprint density at radius 2 is 1.28 bits per heavy atom. The number of nitrogens with zero attached hydrogens (tertiary/aromatic N) is 3. The molecule has 18 heavy (non-hydrogen) atoms. The van der Waals surface area contributed by atoms with E-state index in [9.17, 15) is 0 Å². The first kappa shape index (κ1) is 14.7. The standard InChI is InChI=1S/C14H30N3P/c1-11(2)16-13-9-7-8-10-14(13)17(12(3)4)18(16)15(5)6/h11-14H,7-10H2,1-6H3/t13-,14-/m1/s1. The lowest BCUT2D eigenvalue weighted by atomic mass is 9.89. The Morgan fingerprint density at radius 3 is 1.56 bits per heavy atom. The van der Waals surface area contributed by atoms with Crippen LogP contribution in [0.2, 0.25) is 0 Å². The fourth-order valence-corrected chi connectivity index (χ4v) is 6.65. The summed E-state index contributed by atoms with van der Waals surface area (Å²) < 4.78 is 8.10. The SMILES string of the molecule is CC(C)N1[C@@H]2CCCC[C@H]2N(C(C)C)P1N(C)C. The van der Waals surface area contributed by atoms with E-state index in [-0.39, 0.29) is 8.37 Å². The molecule has 0 amide bonds. The quantitative estimate of drug-likeness (QED) is 0.727. The van der Waals surface area contributed by atoms with Crippen molar-refractivity contribution in [3.05, 3.63) is 0 Å². The van der Waals surface area contributed by atoms with Crippen LogP contribution in [0.4, 0.5) is 0 Å². The van der Waals surface area contributed by atoms with Gasteiger partial charge in [0.1, 0.15) is 8.37 Å². The van der Waals surface area contributed by atoms with Crippen LogP contribution in [0.15, 0.2) is 0 Å². The fourth-order valence-electron chi connectivity index (χ4n) is 3.69. The zero-order valence-electron chi connectivity index (χ0n) is 12.9. The molecular weight excluding hydrogens is 241 g/mol. The molecule has 1 aliphatic heterocycles. The summed E-state index contributed by atoms with van der Waals surface area (Å²) in [6.07, 6.45) is 5.65. The maximum absolute atomic E-state index is 2.82. The second-order valence-electron chi connectivity index (χ2n) is 6.48. The molecule has 3 nitrogen and oxygen atoms in total. The van der Waals surface area contributed by atoms with Crippen LogP contribution in [0, 0.1) is 0 Å². The molecule has 4 heteroatoms. The molecule has 2 fully saturated rings. The highest BCUT2D eigenvalue weighted by Gasteiger charge is 2.50. The number of hydrogen-bond donors (Lipinski definition) is 0. The summed E-state index contributed by atoms with van der Waals surface area (Å²) in [6, 6.07) is 2.92. The van der Waals surface area contributed by atoms with Crippen molar-refractivity contribution in [2.24, 2.45) is 0 Å². The molecule has 0 radical (unpaired) electrons. The van der Waals surface area contributed by atoms with Crippen molar-refractivity contribution in [3.63, 3.8) is 0 Å². The first-order valence-electron chi connectivity index (χ1n) is 7.49. The Hall–Kier alpha value is 0.310. The molecule has 2 rings (SSSR count). The third kappa shape index (κ3) is 2.47. The predicted octanol–water partition coefficient (Wildman–Crippen LogP) is 3.52. The minimum atomic E-state index is -0.260. The van der Waals surface area contributed by atoms with Crippen LogP contribution >= 0.6 is 8.37 Å². The normalized spacial score (nSPS) is 31.8. The minimum absolute atomic E-state index is 0.260. The molecule has 1 aliphatic carbocycles. The molecule has 0 aromatic heterocycles. The van der Waals surface area contributed by atoms with Crippen LogP contribution in [0.1, 0.15) is 53.4 Å². The topological polar surface area (TPSA) is 9.72 Å². The summed E-state index contributed by atoms with van der Waals surface area (Å²) in [5.41, 5.74) is 0. The van der Waals surface area contributed by atoms with Crippen LogP contribution in [0.5, 0.6) is 0 Å². The van der Waals surface area contributed by atoms with Gasteiger partial charge in [0.2, 0.25) is 0 Å². The molecule has 2 aliphatic rings. The molecule has 1 saturated carbocycles. The molecule has 0 aromatic carbocycles. The van der Waals surface area contributed by atoms with Gasteiger partial charge in [-0.25, -0.2) is 0 Å². The Labute approximate surface area is 114 Å². The third-order valence-corrected chi connectivity index (χ3v) is 7.26. The van der Waals surface area contributed by atoms with E-state index in [1.807, 2.05) is 0 Å². The lowest BCUT2D eigenvalue weighted by Gasteiger charge is -2.39. The van der Waals surface area contributed by atoms with Gasteiger partial charge in [-0.05, 0) is 54.6 Å². The molecule has 1 heterocycles. The average Bonchev–Trinajstić information content (AvgIpc) is 2.63. The van der Waals surface area contributed by atoms with Crippen molar-refractivity contribution in [1.82, 2.24) is 14.0 Å². The largest absolute Gasteiger partial charge is 0.263 e. The molecule has 2 atom stereocenters. The van der Waals surface area contributed by atoms with E-state index in [0.717, 1.165) is 12.1 Å². The van der Waals surface area contributed by atoms with Crippen molar-refractivity contribution in [2.45, 2.75) is 77.5 Å². The maximum Gasteiger partial charge on any atom is 0.120 e. The van der Waals surface area contributed by atoms with Gasteiger partial charge >= 0.3 is 0 Å². The van der Waals surface area contributed by atoms with E-state index in [1.165, 1.54) is 25.7 Å². The van der Waals surface area contributed by atoms with Gasteiger partial charge in [0.05, 0.1) is 0 Å². The lowest BCUT2D eigenvalue weighted by molar-refractivity contribution is 0.173. The summed E-state index contributed by atoms with van der Waals surface area (Å²) in [4.78, 5) is 0. The summed E-state index contributed by atoms with van der Waals surface area (Å²) >= 11 is 0. The van der Waals surface area contributed by atoms with Gasteiger partial charge in [-0.3, -0.25) is 14.0 Å². The van der Waals surface area contributed by atoms with Crippen molar-refractivity contribution < 1.29 is 0 Å². The Balaban J connectivity index is 2.32. The monoisotopic (exact) mass is 271 g/mol. The highest BCUT2D eigenvalue weighted by molar-refractivity contribution is 7.50. The van der Waals surface area contributed by atoms with Crippen molar-refractivity contribution in [3.8, 4) is 0 Å². The average molecular weight is 271 g/mol. The van der Waals surface area contributed by atoms with Crippen molar-refractivity contribution in [2.75, 3.05) is 14.1 Å². The van der Waals surface area contributed by atoms with E-state index in [4.69, 9.17) is 0 Å². The predicted molar refractivity (Wildman–Crippen MR) is 80.6 cm³/mol. The van der Waals surface area contributed by atoms with Crippen LogP contribution in [-0.2, 0) is 0 Å². The Morgan fingerprint density at radius 1 is 0.889 bits per heavy atom. The van der Waals surface area contributed by atoms with Crippen LogP contribution in [0.3, 0.4) is 0 Å². The van der Waals surface area contributed by atoms with E-state index in [1.54, 1.807) is 0 Å². The van der Waals surface area contributed by atoms with Gasteiger partial charge < -0.3 is 0 Å². The fraction of sp³-hybridized carbons (Fsp3) is 1.00. The van der Waals surface area contributed by atoms with Gasteiger partial charge in [0.15, 0.2) is 0 Å². The highest BCUT2D eigenvalue weighted by Crippen LogP contribution is 2.60. The number of fused-ring (bicyclic) bond motifs is 1. The van der Waals surface area contributed by atoms with Gasteiger partial charge in [-0.1, -0.05) is 12.8 Å². The molecule has 0 spiro atoms. The van der Waals surface area contributed by atoms with Crippen LogP contribution in [0.25, 0.3) is 0 Å². The van der Waals surface area contributed by atoms with Gasteiger partial charge in [0, 0.05) is 24.2 Å². The molecule has 106 valence electrons. The molecule has 0 unspecified atom stereocenters. The van der Waals surface area contributed by atoms with Crippen LogP contribution < -0.4 is 0 Å². The molecule has 0 aromatic rings. The Kier molecular flexibility index (Phi) is 4.70. The number of hydrogen-bond acceptors (Lipinski definition) is 3. The second-order valence-corrected chi connectivity index (χ2v) is 8.74. The van der Waals surface area contributed by atoms with Gasteiger partial charge in [-0.2, -0.15) is 0 Å². The summed E-state index contributed by atoms with van der Waals surface area (Å²) in [5.74, 6) is 0. The third-order valence-electron chi connectivity index (χ3n) is 4.20. The highest BCUT2D eigenvalue weighted by atomic mass is 31.2. The molecular formula is C14H30N3P. The number of rotatable bonds is 3. The van der Waals surface area contributed by atoms with Gasteiger partial charge in [-0.15, -0.1) is 0 Å². The van der Waals surface area contributed by atoms with Gasteiger partial charge in [0.25, 0.3) is 0 Å².